The smallest absolute Gasteiger partial charge is 0.326 e. The summed E-state index contributed by atoms with van der Waals surface area (Å²) in [6.07, 6.45) is -0.440. The van der Waals surface area contributed by atoms with E-state index in [0.717, 1.165) is 0 Å². The molecule has 0 aliphatic heterocycles. The predicted molar refractivity (Wildman–Crippen MR) is 59.7 cm³/mol. The normalized spacial score (nSPS) is 12.0. The van der Waals surface area contributed by atoms with Crippen LogP contribution in [0.5, 0.6) is 0 Å². The van der Waals surface area contributed by atoms with E-state index in [-0.39, 0.29) is 18.9 Å². The van der Waals surface area contributed by atoms with Crippen LogP contribution in [-0.4, -0.2) is 52.2 Å². The van der Waals surface area contributed by atoms with Gasteiger partial charge in [0.15, 0.2) is 0 Å². The molecule has 0 aromatic heterocycles. The summed E-state index contributed by atoms with van der Waals surface area (Å²) in [6.45, 7) is 3.57. The van der Waals surface area contributed by atoms with Crippen molar-refractivity contribution < 1.29 is 24.6 Å². The summed E-state index contributed by atoms with van der Waals surface area (Å²) in [5.74, 6) is -2.33. The number of amides is 2. The van der Waals surface area contributed by atoms with Crippen LogP contribution in [0, 0.1) is 0 Å². The Labute approximate surface area is 99.4 Å². The lowest BCUT2D eigenvalue weighted by Crippen LogP contribution is -2.48. The maximum atomic E-state index is 11.5. The van der Waals surface area contributed by atoms with Gasteiger partial charge in [0.1, 0.15) is 6.04 Å². The van der Waals surface area contributed by atoms with Crippen LogP contribution in [0.1, 0.15) is 26.7 Å². The molecule has 0 radical (unpaired) electrons. The first-order valence-electron chi connectivity index (χ1n) is 5.23. The fraction of sp³-hybridized carbons (Fsp3) is 0.700. The van der Waals surface area contributed by atoms with E-state index in [1.165, 1.54) is 11.9 Å². The Kier molecular flexibility index (Phi) is 6.01. The van der Waals surface area contributed by atoms with Crippen molar-refractivity contribution in [1.29, 1.82) is 0 Å². The minimum atomic E-state index is -1.24. The van der Waals surface area contributed by atoms with Crippen molar-refractivity contribution in [3.63, 3.8) is 0 Å². The zero-order valence-electron chi connectivity index (χ0n) is 10.1. The number of carbonyl (C=O) groups is 3. The summed E-state index contributed by atoms with van der Waals surface area (Å²) in [4.78, 5) is 34.0. The Morgan fingerprint density at radius 1 is 1.24 bits per heavy atom. The molecule has 7 heteroatoms. The minimum absolute atomic E-state index is 0.0658. The average Bonchev–Trinajstić information content (AvgIpc) is 2.21. The van der Waals surface area contributed by atoms with E-state index >= 15 is 0 Å². The Bertz CT molecular complexity index is 303. The van der Waals surface area contributed by atoms with Gasteiger partial charge in [-0.25, -0.2) is 9.59 Å². The maximum absolute atomic E-state index is 11.5. The SMILES string of the molecule is CC(C)N(C)C(=O)NC(CCC(=O)O)C(=O)O. The van der Waals surface area contributed by atoms with Gasteiger partial charge in [0.2, 0.25) is 0 Å². The molecule has 1 unspecified atom stereocenters. The second-order valence-electron chi connectivity index (χ2n) is 3.98. The number of nitrogens with zero attached hydrogens (tertiary/aromatic N) is 1. The quantitative estimate of drug-likeness (QED) is 0.627. The van der Waals surface area contributed by atoms with Crippen LogP contribution in [-0.2, 0) is 9.59 Å². The van der Waals surface area contributed by atoms with Crippen molar-refractivity contribution in [2.45, 2.75) is 38.8 Å². The van der Waals surface area contributed by atoms with Crippen LogP contribution < -0.4 is 5.32 Å². The van der Waals surface area contributed by atoms with Crippen molar-refractivity contribution in [3.8, 4) is 0 Å². The average molecular weight is 246 g/mol. The molecule has 0 saturated carbocycles. The third-order valence-electron chi connectivity index (χ3n) is 2.34. The van der Waals surface area contributed by atoms with Crippen LogP contribution in [0.25, 0.3) is 0 Å². The summed E-state index contributed by atoms with van der Waals surface area (Å²) in [5, 5.41) is 19.6. The molecule has 7 nitrogen and oxygen atoms in total. The van der Waals surface area contributed by atoms with Gasteiger partial charge in [-0.2, -0.15) is 0 Å². The van der Waals surface area contributed by atoms with Crippen LogP contribution >= 0.6 is 0 Å². The fourth-order valence-corrected chi connectivity index (χ4v) is 1.01. The first-order chi connectivity index (χ1) is 7.75. The van der Waals surface area contributed by atoms with Gasteiger partial charge in [0.05, 0.1) is 0 Å². The number of urea groups is 1. The molecule has 17 heavy (non-hydrogen) atoms. The van der Waals surface area contributed by atoms with Crippen LogP contribution in [0.15, 0.2) is 0 Å². The van der Waals surface area contributed by atoms with Gasteiger partial charge < -0.3 is 20.4 Å². The van der Waals surface area contributed by atoms with E-state index in [2.05, 4.69) is 5.32 Å². The monoisotopic (exact) mass is 246 g/mol. The molecule has 0 saturated heterocycles. The number of hydrogen-bond donors (Lipinski definition) is 3. The highest BCUT2D eigenvalue weighted by Gasteiger charge is 2.23. The molecule has 0 fully saturated rings. The molecule has 3 N–H and O–H groups in total. The van der Waals surface area contributed by atoms with E-state index in [4.69, 9.17) is 10.2 Å². The van der Waals surface area contributed by atoms with E-state index in [1.807, 2.05) is 0 Å². The number of carbonyl (C=O) groups excluding carboxylic acids is 1. The summed E-state index contributed by atoms with van der Waals surface area (Å²) in [5.41, 5.74) is 0. The molecule has 0 heterocycles. The van der Waals surface area contributed by atoms with Gasteiger partial charge >= 0.3 is 18.0 Å². The Hall–Kier alpha value is -1.79. The van der Waals surface area contributed by atoms with Gasteiger partial charge in [-0.1, -0.05) is 0 Å². The summed E-state index contributed by atoms with van der Waals surface area (Å²) in [6, 6.07) is -1.78. The van der Waals surface area contributed by atoms with E-state index in [1.54, 1.807) is 13.8 Å². The largest absolute Gasteiger partial charge is 0.481 e. The number of carboxylic acids is 2. The number of nitrogens with one attached hydrogen (secondary N) is 1. The van der Waals surface area contributed by atoms with Crippen LogP contribution in [0.3, 0.4) is 0 Å². The molecule has 0 bridgehead atoms. The number of rotatable bonds is 6. The highest BCUT2D eigenvalue weighted by Crippen LogP contribution is 2.01. The van der Waals surface area contributed by atoms with Gasteiger partial charge in [-0.15, -0.1) is 0 Å². The minimum Gasteiger partial charge on any atom is -0.481 e. The lowest BCUT2D eigenvalue weighted by molar-refractivity contribution is -0.140. The number of aliphatic carboxylic acids is 2. The molecule has 1 atom stereocenters. The maximum Gasteiger partial charge on any atom is 0.326 e. The van der Waals surface area contributed by atoms with E-state index < -0.39 is 24.0 Å². The van der Waals surface area contributed by atoms with Crippen LogP contribution in [0.4, 0.5) is 4.79 Å². The van der Waals surface area contributed by atoms with E-state index in [0.29, 0.717) is 0 Å². The van der Waals surface area contributed by atoms with Crippen molar-refractivity contribution in [1.82, 2.24) is 10.2 Å². The lowest BCUT2D eigenvalue weighted by atomic mass is 10.1. The third kappa shape index (κ3) is 5.74. The topological polar surface area (TPSA) is 107 Å². The lowest BCUT2D eigenvalue weighted by Gasteiger charge is -2.24. The summed E-state index contributed by atoms with van der Waals surface area (Å²) >= 11 is 0. The molecule has 0 aromatic carbocycles. The van der Waals surface area contributed by atoms with Crippen molar-refractivity contribution in [2.75, 3.05) is 7.05 Å². The first-order valence-corrected chi connectivity index (χ1v) is 5.23. The highest BCUT2D eigenvalue weighted by molar-refractivity contribution is 5.83. The summed E-state index contributed by atoms with van der Waals surface area (Å²) in [7, 11) is 1.54. The second kappa shape index (κ2) is 6.72. The first kappa shape index (κ1) is 15.2. The number of hydrogen-bond acceptors (Lipinski definition) is 3. The Morgan fingerprint density at radius 2 is 1.76 bits per heavy atom. The third-order valence-corrected chi connectivity index (χ3v) is 2.34. The molecular formula is C10H18N2O5. The predicted octanol–water partition coefficient (Wildman–Crippen LogP) is 0.354. The van der Waals surface area contributed by atoms with Crippen molar-refractivity contribution >= 4 is 18.0 Å². The second-order valence-corrected chi connectivity index (χ2v) is 3.98. The van der Waals surface area contributed by atoms with Gasteiger partial charge in [0.25, 0.3) is 0 Å². The molecule has 0 rings (SSSR count). The van der Waals surface area contributed by atoms with E-state index in [9.17, 15) is 14.4 Å². The number of carboxylic acid groups (broad SMARTS) is 2. The van der Waals surface area contributed by atoms with Gasteiger partial charge in [-0.3, -0.25) is 4.79 Å². The molecule has 0 aliphatic carbocycles. The molecular weight excluding hydrogens is 228 g/mol. The molecule has 0 aromatic rings. The Morgan fingerprint density at radius 3 is 2.12 bits per heavy atom. The zero-order chi connectivity index (χ0) is 13.6. The molecule has 2 amide bonds. The molecule has 98 valence electrons. The van der Waals surface area contributed by atoms with Gasteiger partial charge in [0, 0.05) is 19.5 Å². The summed E-state index contributed by atoms with van der Waals surface area (Å²) < 4.78 is 0. The zero-order valence-corrected chi connectivity index (χ0v) is 10.1. The van der Waals surface area contributed by atoms with Gasteiger partial charge in [-0.05, 0) is 20.3 Å². The highest BCUT2D eigenvalue weighted by atomic mass is 16.4. The van der Waals surface area contributed by atoms with Crippen molar-refractivity contribution in [3.05, 3.63) is 0 Å². The fourth-order valence-electron chi connectivity index (χ4n) is 1.01. The molecule has 0 spiro atoms. The standard InChI is InChI=1S/C10H18N2O5/c1-6(2)12(3)10(17)11-7(9(15)16)4-5-8(13)14/h6-7H,4-5H2,1-3H3,(H,11,17)(H,13,14)(H,15,16). The van der Waals surface area contributed by atoms with Crippen LogP contribution in [0.2, 0.25) is 0 Å². The Balaban J connectivity index is 4.39. The molecule has 0 aliphatic rings. The van der Waals surface area contributed by atoms with Crippen molar-refractivity contribution in [2.24, 2.45) is 0 Å².